The van der Waals surface area contributed by atoms with Crippen LogP contribution in [0, 0.1) is 6.92 Å². The van der Waals surface area contributed by atoms with Gasteiger partial charge in [-0.05, 0) is 42.3 Å². The van der Waals surface area contributed by atoms with Crippen molar-refractivity contribution in [3.8, 4) is 11.5 Å². The van der Waals surface area contributed by atoms with E-state index in [1.54, 1.807) is 4.90 Å². The summed E-state index contributed by atoms with van der Waals surface area (Å²) < 4.78 is 5.96. The van der Waals surface area contributed by atoms with Gasteiger partial charge in [-0.1, -0.05) is 54.6 Å². The molecule has 0 aliphatic heterocycles. The molecule has 0 aliphatic rings. The molecule has 120 valence electrons. The first-order valence-corrected chi connectivity index (χ1v) is 7.86. The van der Waals surface area contributed by atoms with Crippen molar-refractivity contribution in [3.05, 3.63) is 90.0 Å². The van der Waals surface area contributed by atoms with Crippen LogP contribution in [0.3, 0.4) is 0 Å². The number of hydrogen-bond acceptors (Lipinski definition) is 2. The van der Waals surface area contributed by atoms with E-state index < -0.39 is 0 Å². The van der Waals surface area contributed by atoms with Gasteiger partial charge in [0.25, 0.3) is 0 Å². The molecule has 0 atom stereocenters. The van der Waals surface area contributed by atoms with E-state index in [-0.39, 0.29) is 0 Å². The highest BCUT2D eigenvalue weighted by Crippen LogP contribution is 2.32. The Morgan fingerprint density at radius 2 is 1.54 bits per heavy atom. The van der Waals surface area contributed by atoms with Crippen molar-refractivity contribution in [1.29, 1.82) is 0 Å². The predicted molar refractivity (Wildman–Crippen MR) is 96.4 cm³/mol. The number of hydrogen-bond donors (Lipinski definition) is 0. The Balaban J connectivity index is 1.89. The molecule has 3 nitrogen and oxygen atoms in total. The number of carbonyl (C=O) groups excluding carboxylic acids is 1. The fourth-order valence-corrected chi connectivity index (χ4v) is 2.55. The molecule has 0 aromatic heterocycles. The summed E-state index contributed by atoms with van der Waals surface area (Å²) >= 11 is 0. The highest BCUT2D eigenvalue weighted by atomic mass is 16.5. The third-order valence-electron chi connectivity index (χ3n) is 3.87. The second-order valence-corrected chi connectivity index (χ2v) is 5.54. The average Bonchev–Trinajstić information content (AvgIpc) is 2.63. The van der Waals surface area contributed by atoms with Gasteiger partial charge in [-0.2, -0.15) is 0 Å². The van der Waals surface area contributed by atoms with E-state index in [2.05, 4.69) is 0 Å². The molecule has 0 bridgehead atoms. The van der Waals surface area contributed by atoms with Gasteiger partial charge in [0.2, 0.25) is 6.41 Å². The van der Waals surface area contributed by atoms with Crippen LogP contribution in [0.1, 0.15) is 11.1 Å². The largest absolute Gasteiger partial charge is 0.455 e. The molecule has 0 heterocycles. The van der Waals surface area contributed by atoms with Gasteiger partial charge in [0.1, 0.15) is 5.75 Å². The zero-order valence-corrected chi connectivity index (χ0v) is 13.6. The number of anilines is 1. The summed E-state index contributed by atoms with van der Waals surface area (Å²) in [5.74, 6) is 1.40. The summed E-state index contributed by atoms with van der Waals surface area (Å²) in [6.45, 7) is 2.55. The van der Waals surface area contributed by atoms with Gasteiger partial charge in [0, 0.05) is 0 Å². The molecule has 3 rings (SSSR count). The van der Waals surface area contributed by atoms with Gasteiger partial charge in [-0.25, -0.2) is 0 Å². The number of amides is 1. The summed E-state index contributed by atoms with van der Waals surface area (Å²) in [6.07, 6.45) is 0.847. The Hall–Kier alpha value is -3.07. The molecule has 1 amide bonds. The standard InChI is InChI=1S/C21H19NO2/c1-17-9-5-6-10-18(17)15-22(16-23)20-13-7-8-14-21(20)24-19-11-3-2-4-12-19/h2-14,16H,15H2,1H3. The van der Waals surface area contributed by atoms with E-state index in [4.69, 9.17) is 4.74 Å². The lowest BCUT2D eigenvalue weighted by Crippen LogP contribution is -2.21. The van der Waals surface area contributed by atoms with Crippen LogP contribution in [0.5, 0.6) is 11.5 Å². The normalized spacial score (nSPS) is 10.2. The molecule has 0 N–H and O–H groups in total. The lowest BCUT2D eigenvalue weighted by molar-refractivity contribution is -0.107. The minimum Gasteiger partial charge on any atom is -0.455 e. The highest BCUT2D eigenvalue weighted by Gasteiger charge is 2.13. The van der Waals surface area contributed by atoms with Crippen molar-refractivity contribution in [2.45, 2.75) is 13.5 Å². The van der Waals surface area contributed by atoms with Crippen LogP contribution in [-0.4, -0.2) is 6.41 Å². The van der Waals surface area contributed by atoms with Crippen LogP contribution in [-0.2, 0) is 11.3 Å². The Kier molecular flexibility index (Phi) is 4.92. The highest BCUT2D eigenvalue weighted by molar-refractivity contribution is 5.79. The first-order valence-electron chi connectivity index (χ1n) is 7.86. The number of ether oxygens (including phenoxy) is 1. The minimum atomic E-state index is 0.505. The summed E-state index contributed by atoms with van der Waals surface area (Å²) in [4.78, 5) is 13.4. The average molecular weight is 317 g/mol. The number of rotatable bonds is 6. The van der Waals surface area contributed by atoms with Gasteiger partial charge in [-0.15, -0.1) is 0 Å². The van der Waals surface area contributed by atoms with Crippen LogP contribution >= 0.6 is 0 Å². The van der Waals surface area contributed by atoms with E-state index in [0.717, 1.165) is 29.0 Å². The maximum Gasteiger partial charge on any atom is 0.214 e. The molecule has 24 heavy (non-hydrogen) atoms. The third-order valence-corrected chi connectivity index (χ3v) is 3.87. The van der Waals surface area contributed by atoms with Crippen molar-refractivity contribution in [3.63, 3.8) is 0 Å². The molecule has 3 aromatic rings. The van der Waals surface area contributed by atoms with E-state index in [9.17, 15) is 4.79 Å². The topological polar surface area (TPSA) is 29.5 Å². The molecule has 0 radical (unpaired) electrons. The molecule has 0 saturated heterocycles. The molecular weight excluding hydrogens is 298 g/mol. The lowest BCUT2D eigenvalue weighted by atomic mass is 10.1. The second-order valence-electron chi connectivity index (χ2n) is 5.54. The van der Waals surface area contributed by atoms with Crippen LogP contribution in [0.15, 0.2) is 78.9 Å². The van der Waals surface area contributed by atoms with Crippen LogP contribution in [0.2, 0.25) is 0 Å². The Bertz CT molecular complexity index is 815. The Labute approximate surface area is 142 Å². The SMILES string of the molecule is Cc1ccccc1CN(C=O)c1ccccc1Oc1ccccc1. The molecule has 0 spiro atoms. The summed E-state index contributed by atoms with van der Waals surface area (Å²) in [5, 5.41) is 0. The maximum absolute atomic E-state index is 11.7. The van der Waals surface area contributed by atoms with Crippen molar-refractivity contribution < 1.29 is 9.53 Å². The van der Waals surface area contributed by atoms with Crippen LogP contribution in [0.4, 0.5) is 5.69 Å². The fraction of sp³-hybridized carbons (Fsp3) is 0.0952. The molecule has 3 heteroatoms. The van der Waals surface area contributed by atoms with Gasteiger partial charge in [0.05, 0.1) is 12.2 Å². The van der Waals surface area contributed by atoms with E-state index >= 15 is 0 Å². The van der Waals surface area contributed by atoms with Gasteiger partial charge < -0.3 is 9.64 Å². The maximum atomic E-state index is 11.7. The lowest BCUT2D eigenvalue weighted by Gasteiger charge is -2.21. The molecule has 0 saturated carbocycles. The molecular formula is C21H19NO2. The minimum absolute atomic E-state index is 0.505. The molecule has 0 fully saturated rings. The first-order chi connectivity index (χ1) is 11.8. The van der Waals surface area contributed by atoms with Crippen molar-refractivity contribution >= 4 is 12.1 Å². The van der Waals surface area contributed by atoms with Crippen molar-refractivity contribution in [1.82, 2.24) is 0 Å². The number of benzene rings is 3. The quantitative estimate of drug-likeness (QED) is 0.602. The number of carbonyl (C=O) groups is 1. The number of para-hydroxylation sites is 3. The predicted octanol–water partition coefficient (Wildman–Crippen LogP) is 4.95. The zero-order chi connectivity index (χ0) is 16.8. The van der Waals surface area contributed by atoms with Gasteiger partial charge >= 0.3 is 0 Å². The number of aryl methyl sites for hydroxylation is 1. The third kappa shape index (κ3) is 3.63. The smallest absolute Gasteiger partial charge is 0.214 e. The zero-order valence-electron chi connectivity index (χ0n) is 13.6. The van der Waals surface area contributed by atoms with Crippen molar-refractivity contribution in [2.75, 3.05) is 4.90 Å². The second kappa shape index (κ2) is 7.47. The van der Waals surface area contributed by atoms with Gasteiger partial charge in [0.15, 0.2) is 5.75 Å². The first kappa shape index (κ1) is 15.8. The summed E-state index contributed by atoms with van der Waals surface area (Å²) in [7, 11) is 0. The molecule has 3 aromatic carbocycles. The van der Waals surface area contributed by atoms with Crippen LogP contribution in [0.25, 0.3) is 0 Å². The molecule has 0 aliphatic carbocycles. The molecule has 0 unspecified atom stereocenters. The van der Waals surface area contributed by atoms with E-state index in [1.807, 2.05) is 85.8 Å². The Morgan fingerprint density at radius 3 is 2.29 bits per heavy atom. The van der Waals surface area contributed by atoms with Crippen molar-refractivity contribution in [2.24, 2.45) is 0 Å². The summed E-state index contributed by atoms with van der Waals surface area (Å²) in [6, 6.07) is 25.2. The van der Waals surface area contributed by atoms with E-state index in [1.165, 1.54) is 0 Å². The monoisotopic (exact) mass is 317 g/mol. The fourth-order valence-electron chi connectivity index (χ4n) is 2.55. The number of nitrogens with zero attached hydrogens (tertiary/aromatic N) is 1. The van der Waals surface area contributed by atoms with Gasteiger partial charge in [-0.3, -0.25) is 4.79 Å². The van der Waals surface area contributed by atoms with E-state index in [0.29, 0.717) is 12.3 Å². The Morgan fingerprint density at radius 1 is 0.875 bits per heavy atom. The van der Waals surface area contributed by atoms with Crippen LogP contribution < -0.4 is 9.64 Å². The summed E-state index contributed by atoms with van der Waals surface area (Å²) in [5.41, 5.74) is 3.02.